The SMILES string of the molecule is CC(=O)c1cccs1.CC1(CC#N)CC1. The fraction of sp³-hybridized carbons (Fsp3) is 0.500. The van der Waals surface area contributed by atoms with E-state index in [4.69, 9.17) is 5.26 Å². The van der Waals surface area contributed by atoms with E-state index < -0.39 is 0 Å². The van der Waals surface area contributed by atoms with Crippen molar-refractivity contribution in [3.05, 3.63) is 22.4 Å². The average Bonchev–Trinajstić information content (AvgIpc) is 2.73. The predicted octanol–water partition coefficient (Wildman–Crippen LogP) is 3.65. The van der Waals surface area contributed by atoms with Crippen LogP contribution in [0.5, 0.6) is 0 Å². The Hall–Kier alpha value is -1.14. The molecule has 0 atom stereocenters. The maximum atomic E-state index is 10.5. The Bertz CT molecular complexity index is 357. The van der Waals surface area contributed by atoms with Gasteiger partial charge in [0.1, 0.15) is 0 Å². The van der Waals surface area contributed by atoms with Crippen molar-refractivity contribution in [2.45, 2.75) is 33.1 Å². The Morgan fingerprint density at radius 3 is 2.53 bits per heavy atom. The summed E-state index contributed by atoms with van der Waals surface area (Å²) in [7, 11) is 0. The molecule has 0 unspecified atom stereocenters. The number of nitriles is 1. The summed E-state index contributed by atoms with van der Waals surface area (Å²) in [5, 5.41) is 10.1. The van der Waals surface area contributed by atoms with E-state index in [1.165, 1.54) is 24.2 Å². The largest absolute Gasteiger partial charge is 0.294 e. The van der Waals surface area contributed by atoms with E-state index in [-0.39, 0.29) is 5.78 Å². The van der Waals surface area contributed by atoms with Gasteiger partial charge in [-0.25, -0.2) is 0 Å². The lowest BCUT2D eigenvalue weighted by Crippen LogP contribution is -1.87. The van der Waals surface area contributed by atoms with Gasteiger partial charge in [0.05, 0.1) is 10.9 Å². The van der Waals surface area contributed by atoms with Gasteiger partial charge in [-0.05, 0) is 36.6 Å². The molecule has 1 aliphatic rings. The maximum absolute atomic E-state index is 10.5. The van der Waals surface area contributed by atoms with Crippen LogP contribution in [0.1, 0.15) is 42.8 Å². The molecule has 1 heterocycles. The van der Waals surface area contributed by atoms with E-state index in [2.05, 4.69) is 13.0 Å². The summed E-state index contributed by atoms with van der Waals surface area (Å²) >= 11 is 1.48. The van der Waals surface area contributed by atoms with Gasteiger partial charge in [-0.1, -0.05) is 13.0 Å². The van der Waals surface area contributed by atoms with Crippen LogP contribution < -0.4 is 0 Å². The second-order valence-electron chi connectivity index (χ2n) is 4.18. The zero-order valence-electron chi connectivity index (χ0n) is 9.12. The zero-order valence-corrected chi connectivity index (χ0v) is 9.93. The van der Waals surface area contributed by atoms with Gasteiger partial charge in [-0.3, -0.25) is 4.79 Å². The van der Waals surface area contributed by atoms with Gasteiger partial charge in [0, 0.05) is 6.42 Å². The lowest BCUT2D eigenvalue weighted by atomic mass is 10.1. The van der Waals surface area contributed by atoms with Gasteiger partial charge in [0.15, 0.2) is 5.78 Å². The summed E-state index contributed by atoms with van der Waals surface area (Å²) in [4.78, 5) is 11.4. The summed E-state index contributed by atoms with van der Waals surface area (Å²) in [5.74, 6) is 0.153. The lowest BCUT2D eigenvalue weighted by Gasteiger charge is -1.94. The fourth-order valence-corrected chi connectivity index (χ4v) is 1.69. The predicted molar refractivity (Wildman–Crippen MR) is 61.9 cm³/mol. The van der Waals surface area contributed by atoms with Gasteiger partial charge in [0.2, 0.25) is 0 Å². The summed E-state index contributed by atoms with van der Waals surface area (Å²) in [6.07, 6.45) is 3.29. The summed E-state index contributed by atoms with van der Waals surface area (Å²) in [6, 6.07) is 5.87. The number of Topliss-reactive ketones (excluding diaryl/α,β-unsaturated/α-hetero) is 1. The second kappa shape index (κ2) is 5.09. The van der Waals surface area contributed by atoms with Crippen LogP contribution in [-0.4, -0.2) is 5.78 Å². The number of rotatable bonds is 2. The van der Waals surface area contributed by atoms with Gasteiger partial charge in [-0.2, -0.15) is 5.26 Å². The first-order chi connectivity index (χ1) is 7.07. The molecular weight excluding hydrogens is 206 g/mol. The number of carbonyl (C=O) groups excluding carboxylic acids is 1. The molecule has 3 heteroatoms. The van der Waals surface area contributed by atoms with Crippen LogP contribution in [0.25, 0.3) is 0 Å². The standard InChI is InChI=1S/C6H9N.C6H6OS/c1-6(2-3-6)4-5-7;1-5(7)6-3-2-4-8-6/h2-4H2,1H3;2-4H,1H3. The topological polar surface area (TPSA) is 40.9 Å². The van der Waals surface area contributed by atoms with E-state index in [0.29, 0.717) is 5.41 Å². The number of ketones is 1. The van der Waals surface area contributed by atoms with Crippen molar-refractivity contribution in [3.63, 3.8) is 0 Å². The zero-order chi connectivity index (χ0) is 11.3. The van der Waals surface area contributed by atoms with Crippen LogP contribution in [0.2, 0.25) is 0 Å². The van der Waals surface area contributed by atoms with Crippen molar-refractivity contribution in [1.82, 2.24) is 0 Å². The number of hydrogen-bond acceptors (Lipinski definition) is 3. The van der Waals surface area contributed by atoms with Gasteiger partial charge in [-0.15, -0.1) is 11.3 Å². The first-order valence-electron chi connectivity index (χ1n) is 4.99. The van der Waals surface area contributed by atoms with Crippen LogP contribution in [0.15, 0.2) is 17.5 Å². The fourth-order valence-electron chi connectivity index (χ4n) is 1.06. The van der Waals surface area contributed by atoms with Crippen molar-refractivity contribution in [3.8, 4) is 6.07 Å². The van der Waals surface area contributed by atoms with Gasteiger partial charge in [0.25, 0.3) is 0 Å². The third-order valence-corrected chi connectivity index (χ3v) is 3.45. The molecule has 1 fully saturated rings. The molecule has 0 N–H and O–H groups in total. The number of hydrogen-bond donors (Lipinski definition) is 0. The molecule has 0 radical (unpaired) electrons. The molecule has 0 amide bonds. The first-order valence-corrected chi connectivity index (χ1v) is 5.87. The first kappa shape index (κ1) is 11.9. The summed E-state index contributed by atoms with van der Waals surface area (Å²) in [6.45, 7) is 3.74. The second-order valence-corrected chi connectivity index (χ2v) is 5.13. The monoisotopic (exact) mass is 221 g/mol. The highest BCUT2D eigenvalue weighted by atomic mass is 32.1. The van der Waals surface area contributed by atoms with Crippen LogP contribution in [0.3, 0.4) is 0 Å². The Kier molecular flexibility index (Phi) is 4.05. The molecule has 2 rings (SSSR count). The number of carbonyl (C=O) groups is 1. The number of thiophene rings is 1. The molecule has 1 aliphatic carbocycles. The van der Waals surface area contributed by atoms with Gasteiger partial charge < -0.3 is 0 Å². The van der Waals surface area contributed by atoms with Crippen LogP contribution in [0, 0.1) is 16.7 Å². The molecular formula is C12H15NOS. The third kappa shape index (κ3) is 4.26. The normalized spacial score (nSPS) is 15.8. The molecule has 2 nitrogen and oxygen atoms in total. The van der Waals surface area contributed by atoms with Crippen molar-refractivity contribution in [1.29, 1.82) is 5.26 Å². The highest BCUT2D eigenvalue weighted by Gasteiger charge is 2.36. The average molecular weight is 221 g/mol. The van der Waals surface area contributed by atoms with Gasteiger partial charge >= 0.3 is 0 Å². The Morgan fingerprint density at radius 1 is 1.67 bits per heavy atom. The third-order valence-electron chi connectivity index (χ3n) is 2.48. The minimum Gasteiger partial charge on any atom is -0.294 e. The summed E-state index contributed by atoms with van der Waals surface area (Å²) < 4.78 is 0. The minimum atomic E-state index is 0.153. The summed E-state index contributed by atoms with van der Waals surface area (Å²) in [5.41, 5.74) is 0.439. The Balaban J connectivity index is 0.000000151. The van der Waals surface area contributed by atoms with Crippen LogP contribution in [0.4, 0.5) is 0 Å². The molecule has 1 saturated carbocycles. The molecule has 0 bridgehead atoms. The number of nitrogens with zero attached hydrogens (tertiary/aromatic N) is 1. The maximum Gasteiger partial charge on any atom is 0.169 e. The van der Waals surface area contributed by atoms with Crippen LogP contribution >= 0.6 is 11.3 Å². The Labute approximate surface area is 94.5 Å². The van der Waals surface area contributed by atoms with E-state index in [0.717, 1.165) is 11.3 Å². The van der Waals surface area contributed by atoms with Crippen molar-refractivity contribution in [2.24, 2.45) is 5.41 Å². The Morgan fingerprint density at radius 2 is 2.33 bits per heavy atom. The van der Waals surface area contributed by atoms with Crippen molar-refractivity contribution >= 4 is 17.1 Å². The minimum absolute atomic E-state index is 0.153. The smallest absolute Gasteiger partial charge is 0.169 e. The molecule has 1 aromatic rings. The van der Waals surface area contributed by atoms with Crippen LogP contribution in [-0.2, 0) is 0 Å². The molecule has 1 aromatic heterocycles. The van der Waals surface area contributed by atoms with E-state index >= 15 is 0 Å². The van der Waals surface area contributed by atoms with Crippen molar-refractivity contribution in [2.75, 3.05) is 0 Å². The molecule has 0 aromatic carbocycles. The molecule has 0 aliphatic heterocycles. The molecule has 80 valence electrons. The highest BCUT2D eigenvalue weighted by Crippen LogP contribution is 2.47. The molecule has 0 spiro atoms. The van der Waals surface area contributed by atoms with E-state index in [1.54, 1.807) is 6.92 Å². The quantitative estimate of drug-likeness (QED) is 0.715. The highest BCUT2D eigenvalue weighted by molar-refractivity contribution is 7.12. The molecule has 0 saturated heterocycles. The van der Waals surface area contributed by atoms with Crippen molar-refractivity contribution < 1.29 is 4.79 Å². The molecule has 15 heavy (non-hydrogen) atoms. The van der Waals surface area contributed by atoms with E-state index in [9.17, 15) is 4.79 Å². The lowest BCUT2D eigenvalue weighted by molar-refractivity contribution is 0.102. The van der Waals surface area contributed by atoms with E-state index in [1.807, 2.05) is 17.5 Å².